The van der Waals surface area contributed by atoms with Crippen LogP contribution < -0.4 is 14.8 Å². The summed E-state index contributed by atoms with van der Waals surface area (Å²) in [5.74, 6) is 1.11. The highest BCUT2D eigenvalue weighted by atomic mass is 16.5. The number of ether oxygens (including phenoxy) is 2. The summed E-state index contributed by atoms with van der Waals surface area (Å²) in [7, 11) is 3.12. The summed E-state index contributed by atoms with van der Waals surface area (Å²) in [6.45, 7) is 6.56. The molecule has 1 fully saturated rings. The molecule has 1 aliphatic rings. The van der Waals surface area contributed by atoms with Gasteiger partial charge >= 0.3 is 6.03 Å². The number of urea groups is 1. The first-order valence-corrected chi connectivity index (χ1v) is 9.10. The minimum atomic E-state index is -0.0283. The monoisotopic (exact) mass is 363 g/mol. The number of methoxy groups -OCH3 is 2. The van der Waals surface area contributed by atoms with Gasteiger partial charge in [0.25, 0.3) is 5.91 Å². The predicted molar refractivity (Wildman–Crippen MR) is 99.9 cm³/mol. The highest BCUT2D eigenvalue weighted by Crippen LogP contribution is 2.28. The Kier molecular flexibility index (Phi) is 7.12. The summed E-state index contributed by atoms with van der Waals surface area (Å²) in [4.78, 5) is 28.5. The van der Waals surface area contributed by atoms with Crippen LogP contribution in [0.4, 0.5) is 4.79 Å². The van der Waals surface area contributed by atoms with E-state index in [-0.39, 0.29) is 18.0 Å². The van der Waals surface area contributed by atoms with Crippen molar-refractivity contribution in [2.75, 3.05) is 40.4 Å². The summed E-state index contributed by atoms with van der Waals surface area (Å²) in [5, 5.41) is 3.07. The first kappa shape index (κ1) is 19.9. The number of nitrogens with one attached hydrogen (secondary N) is 1. The molecule has 144 valence electrons. The molecule has 1 saturated heterocycles. The van der Waals surface area contributed by atoms with Crippen molar-refractivity contribution < 1.29 is 19.1 Å². The van der Waals surface area contributed by atoms with Gasteiger partial charge in [-0.2, -0.15) is 0 Å². The van der Waals surface area contributed by atoms with Gasteiger partial charge in [0.1, 0.15) is 0 Å². The van der Waals surface area contributed by atoms with Crippen LogP contribution in [0.1, 0.15) is 37.0 Å². The largest absolute Gasteiger partial charge is 0.493 e. The van der Waals surface area contributed by atoms with Gasteiger partial charge in [0, 0.05) is 37.8 Å². The predicted octanol–water partition coefficient (Wildman–Crippen LogP) is 2.36. The zero-order valence-electron chi connectivity index (χ0n) is 16.1. The lowest BCUT2D eigenvalue weighted by molar-refractivity contribution is 0.0706. The zero-order valence-corrected chi connectivity index (χ0v) is 16.1. The van der Waals surface area contributed by atoms with E-state index in [1.54, 1.807) is 37.3 Å². The van der Waals surface area contributed by atoms with Crippen LogP contribution in [-0.4, -0.2) is 68.2 Å². The standard InChI is InChI=1S/C19H29N3O4/c1-5-21(6-2)19(24)20-15-9-11-22(12-10-15)18(23)14-7-8-16(25-3)17(13-14)26-4/h7-8,13,15H,5-6,9-12H2,1-4H3,(H,20,24). The highest BCUT2D eigenvalue weighted by molar-refractivity contribution is 5.95. The molecule has 26 heavy (non-hydrogen) atoms. The molecule has 0 atom stereocenters. The number of amides is 3. The molecular formula is C19H29N3O4. The third-order valence-corrected chi connectivity index (χ3v) is 4.79. The molecule has 7 heteroatoms. The van der Waals surface area contributed by atoms with Crippen molar-refractivity contribution in [2.24, 2.45) is 0 Å². The van der Waals surface area contributed by atoms with Crippen molar-refractivity contribution in [3.8, 4) is 11.5 Å². The van der Waals surface area contributed by atoms with Crippen molar-refractivity contribution in [1.29, 1.82) is 0 Å². The summed E-state index contributed by atoms with van der Waals surface area (Å²) in [5.41, 5.74) is 0.577. The zero-order chi connectivity index (χ0) is 19.1. The maximum atomic E-state index is 12.7. The Balaban J connectivity index is 1.93. The molecular weight excluding hydrogens is 334 g/mol. The first-order chi connectivity index (χ1) is 12.5. The van der Waals surface area contributed by atoms with E-state index in [0.29, 0.717) is 43.2 Å². The highest BCUT2D eigenvalue weighted by Gasteiger charge is 2.26. The fourth-order valence-electron chi connectivity index (χ4n) is 3.16. The van der Waals surface area contributed by atoms with E-state index >= 15 is 0 Å². The van der Waals surface area contributed by atoms with Crippen LogP contribution in [-0.2, 0) is 0 Å². The lowest BCUT2D eigenvalue weighted by Crippen LogP contribution is -2.50. The summed E-state index contributed by atoms with van der Waals surface area (Å²) in [6.07, 6.45) is 1.51. The van der Waals surface area contributed by atoms with E-state index in [1.165, 1.54) is 0 Å². The van der Waals surface area contributed by atoms with E-state index in [9.17, 15) is 9.59 Å². The molecule has 1 heterocycles. The minimum absolute atomic E-state index is 0.0281. The van der Waals surface area contributed by atoms with Crippen LogP contribution in [0.3, 0.4) is 0 Å². The topological polar surface area (TPSA) is 71.1 Å². The van der Waals surface area contributed by atoms with Gasteiger partial charge < -0.3 is 24.6 Å². The van der Waals surface area contributed by atoms with Crippen LogP contribution in [0.15, 0.2) is 18.2 Å². The molecule has 0 radical (unpaired) electrons. The number of carbonyl (C=O) groups is 2. The number of hydrogen-bond acceptors (Lipinski definition) is 4. The molecule has 1 N–H and O–H groups in total. The fraction of sp³-hybridized carbons (Fsp3) is 0.579. The Hall–Kier alpha value is -2.44. The number of piperidine rings is 1. The van der Waals surface area contributed by atoms with E-state index in [4.69, 9.17) is 9.47 Å². The Morgan fingerprint density at radius 1 is 1.12 bits per heavy atom. The third-order valence-electron chi connectivity index (χ3n) is 4.79. The van der Waals surface area contributed by atoms with Crippen molar-refractivity contribution in [3.63, 3.8) is 0 Å². The molecule has 0 saturated carbocycles. The van der Waals surface area contributed by atoms with Gasteiger partial charge in [-0.15, -0.1) is 0 Å². The Morgan fingerprint density at radius 3 is 2.27 bits per heavy atom. The van der Waals surface area contributed by atoms with Gasteiger partial charge in [0.05, 0.1) is 14.2 Å². The summed E-state index contributed by atoms with van der Waals surface area (Å²) in [6, 6.07) is 5.27. The van der Waals surface area contributed by atoms with Crippen molar-refractivity contribution in [1.82, 2.24) is 15.1 Å². The molecule has 1 aliphatic heterocycles. The second-order valence-corrected chi connectivity index (χ2v) is 6.26. The minimum Gasteiger partial charge on any atom is -0.493 e. The van der Waals surface area contributed by atoms with Crippen LogP contribution in [0.25, 0.3) is 0 Å². The average Bonchev–Trinajstić information content (AvgIpc) is 2.68. The summed E-state index contributed by atoms with van der Waals surface area (Å²) < 4.78 is 10.5. The average molecular weight is 363 g/mol. The maximum Gasteiger partial charge on any atom is 0.317 e. The molecule has 0 unspecified atom stereocenters. The van der Waals surface area contributed by atoms with Gasteiger partial charge in [0.15, 0.2) is 11.5 Å². The number of hydrogen-bond donors (Lipinski definition) is 1. The van der Waals surface area contributed by atoms with Gasteiger partial charge in [-0.05, 0) is 44.9 Å². The molecule has 0 bridgehead atoms. The molecule has 0 spiro atoms. The smallest absolute Gasteiger partial charge is 0.317 e. The fourth-order valence-corrected chi connectivity index (χ4v) is 3.16. The van der Waals surface area contributed by atoms with Gasteiger partial charge in [-0.1, -0.05) is 0 Å². The molecule has 1 aromatic carbocycles. The number of rotatable bonds is 6. The molecule has 7 nitrogen and oxygen atoms in total. The molecule has 0 aromatic heterocycles. The Bertz CT molecular complexity index is 623. The van der Waals surface area contributed by atoms with E-state index in [0.717, 1.165) is 12.8 Å². The normalized spacial score (nSPS) is 14.7. The van der Waals surface area contributed by atoms with Gasteiger partial charge in [0.2, 0.25) is 0 Å². The van der Waals surface area contributed by atoms with Gasteiger partial charge in [-0.25, -0.2) is 4.79 Å². The molecule has 2 rings (SSSR count). The Morgan fingerprint density at radius 2 is 1.73 bits per heavy atom. The number of carbonyl (C=O) groups excluding carboxylic acids is 2. The second kappa shape index (κ2) is 9.31. The van der Waals surface area contributed by atoms with E-state index in [1.807, 2.05) is 18.7 Å². The second-order valence-electron chi connectivity index (χ2n) is 6.26. The summed E-state index contributed by atoms with van der Waals surface area (Å²) >= 11 is 0. The van der Waals surface area contributed by atoms with Crippen LogP contribution >= 0.6 is 0 Å². The maximum absolute atomic E-state index is 12.7. The number of benzene rings is 1. The number of likely N-dealkylation sites (tertiary alicyclic amines) is 1. The molecule has 0 aliphatic carbocycles. The van der Waals surface area contributed by atoms with Crippen LogP contribution in [0, 0.1) is 0 Å². The third kappa shape index (κ3) is 4.59. The van der Waals surface area contributed by atoms with Crippen molar-refractivity contribution >= 4 is 11.9 Å². The molecule has 3 amide bonds. The number of nitrogens with zero attached hydrogens (tertiary/aromatic N) is 2. The van der Waals surface area contributed by atoms with E-state index in [2.05, 4.69) is 5.32 Å². The lowest BCUT2D eigenvalue weighted by Gasteiger charge is -2.33. The quantitative estimate of drug-likeness (QED) is 0.842. The molecule has 1 aromatic rings. The van der Waals surface area contributed by atoms with Crippen molar-refractivity contribution in [2.45, 2.75) is 32.7 Å². The lowest BCUT2D eigenvalue weighted by atomic mass is 10.0. The van der Waals surface area contributed by atoms with E-state index < -0.39 is 0 Å². The van der Waals surface area contributed by atoms with Crippen molar-refractivity contribution in [3.05, 3.63) is 23.8 Å². The van der Waals surface area contributed by atoms with Gasteiger partial charge in [-0.3, -0.25) is 4.79 Å². The SMILES string of the molecule is CCN(CC)C(=O)NC1CCN(C(=O)c2ccc(OC)c(OC)c2)CC1. The first-order valence-electron chi connectivity index (χ1n) is 9.10. The van der Waals surface area contributed by atoms with Crippen LogP contribution in [0.5, 0.6) is 11.5 Å². The van der Waals surface area contributed by atoms with Crippen LogP contribution in [0.2, 0.25) is 0 Å². The Labute approximate surface area is 155 Å².